The van der Waals surface area contributed by atoms with Crippen LogP contribution in [0.2, 0.25) is 5.02 Å². The second kappa shape index (κ2) is 8.47. The second-order valence-electron chi connectivity index (χ2n) is 9.02. The molecule has 1 aromatic carbocycles. The molecule has 1 unspecified atom stereocenters. The molecule has 1 N–H and O–H groups in total. The lowest BCUT2D eigenvalue weighted by Crippen LogP contribution is -2.57. The molecule has 2 aliphatic rings. The van der Waals surface area contributed by atoms with E-state index in [1.807, 2.05) is 35.2 Å². The molecule has 0 aliphatic carbocycles. The van der Waals surface area contributed by atoms with Gasteiger partial charge in [-0.1, -0.05) is 29.8 Å². The lowest BCUT2D eigenvalue weighted by atomic mass is 10.00. The molecular formula is C24H22ClN9O2S. The van der Waals surface area contributed by atoms with E-state index < -0.39 is 4.87 Å². The number of hydrogen-bond donors (Lipinski definition) is 2. The van der Waals surface area contributed by atoms with E-state index in [0.717, 1.165) is 0 Å². The quantitative estimate of drug-likeness (QED) is 0.338. The number of halogens is 1. The molecule has 0 spiro atoms. The first-order valence-corrected chi connectivity index (χ1v) is 12.8. The number of fused-ring (bicyclic) bond motifs is 2. The van der Waals surface area contributed by atoms with Crippen molar-refractivity contribution in [3.8, 4) is 5.69 Å². The molecule has 6 heterocycles. The first-order chi connectivity index (χ1) is 18.0. The fourth-order valence-corrected chi connectivity index (χ4v) is 5.63. The van der Waals surface area contributed by atoms with Gasteiger partial charge in [-0.2, -0.15) is 15.1 Å². The number of hydrogen-bond acceptors (Lipinski definition) is 9. The molecule has 188 valence electrons. The van der Waals surface area contributed by atoms with E-state index in [9.17, 15) is 4.79 Å². The zero-order valence-corrected chi connectivity index (χ0v) is 21.2. The maximum Gasteiger partial charge on any atom is 0.284 e. The Morgan fingerprint density at radius 2 is 1.89 bits per heavy atom. The highest BCUT2D eigenvalue weighted by atomic mass is 35.5. The van der Waals surface area contributed by atoms with Crippen LogP contribution in [0.1, 0.15) is 12.2 Å². The molecule has 2 aliphatic heterocycles. The SMILES string of the molecule is O=c1c2c(Cl)ccn2nc(C2(S)CCN2c2nc(N3CCOCC3)nc3nc[nH]c23)n1-c1ccccc1. The number of ether oxygens (including phenoxy) is 1. The van der Waals surface area contributed by atoms with Crippen molar-refractivity contribution in [3.05, 3.63) is 70.1 Å². The van der Waals surface area contributed by atoms with Crippen LogP contribution in [0.3, 0.4) is 0 Å². The van der Waals surface area contributed by atoms with Gasteiger partial charge < -0.3 is 19.5 Å². The number of aromatic nitrogens is 7. The smallest absolute Gasteiger partial charge is 0.284 e. The Kier molecular flexibility index (Phi) is 5.17. The summed E-state index contributed by atoms with van der Waals surface area (Å²) in [4.78, 5) is 34.2. The number of benzene rings is 1. The van der Waals surface area contributed by atoms with Crippen LogP contribution in [0.4, 0.5) is 11.8 Å². The van der Waals surface area contributed by atoms with Crippen molar-refractivity contribution in [2.45, 2.75) is 11.3 Å². The topological polar surface area (TPSA) is 109 Å². The summed E-state index contributed by atoms with van der Waals surface area (Å²) >= 11 is 11.5. The minimum Gasteiger partial charge on any atom is -0.378 e. The molecule has 13 heteroatoms. The standard InChI is InChI=1S/C24H22ClN9O2S/c25-16-6-8-33-18(16)21(35)34(15-4-2-1-3-5-15)22(30-33)24(37)7-9-32(24)20-17-19(27-14-26-17)28-23(29-20)31-10-12-36-13-11-31/h1-6,8,14,37H,7,9-13H2,(H,26,27,28,29). The number of nitrogens with one attached hydrogen (secondary N) is 1. The van der Waals surface area contributed by atoms with Crippen LogP contribution in [-0.2, 0) is 9.61 Å². The minimum absolute atomic E-state index is 0.269. The summed E-state index contributed by atoms with van der Waals surface area (Å²) in [6, 6.07) is 11.1. The van der Waals surface area contributed by atoms with Gasteiger partial charge in [0.05, 0.1) is 30.3 Å². The van der Waals surface area contributed by atoms with E-state index in [1.54, 1.807) is 23.2 Å². The van der Waals surface area contributed by atoms with Gasteiger partial charge in [0.1, 0.15) is 15.9 Å². The highest BCUT2D eigenvalue weighted by molar-refractivity contribution is 7.81. The molecule has 0 bridgehead atoms. The van der Waals surface area contributed by atoms with Crippen molar-refractivity contribution in [3.63, 3.8) is 0 Å². The Morgan fingerprint density at radius 3 is 2.65 bits per heavy atom. The second-order valence-corrected chi connectivity index (χ2v) is 10.2. The number of aromatic amines is 1. The predicted molar refractivity (Wildman–Crippen MR) is 143 cm³/mol. The van der Waals surface area contributed by atoms with Crippen molar-refractivity contribution >= 4 is 52.7 Å². The number of para-hydroxylation sites is 1. The minimum atomic E-state index is -0.936. The summed E-state index contributed by atoms with van der Waals surface area (Å²) in [6.07, 6.45) is 3.94. The van der Waals surface area contributed by atoms with Crippen molar-refractivity contribution in [2.75, 3.05) is 42.6 Å². The first-order valence-electron chi connectivity index (χ1n) is 11.9. The molecule has 11 nitrogen and oxygen atoms in total. The largest absolute Gasteiger partial charge is 0.378 e. The van der Waals surface area contributed by atoms with Crippen molar-refractivity contribution < 1.29 is 4.74 Å². The number of anilines is 2. The van der Waals surface area contributed by atoms with Crippen LogP contribution in [0.5, 0.6) is 0 Å². The number of rotatable bonds is 4. The van der Waals surface area contributed by atoms with Crippen molar-refractivity contribution in [1.82, 2.24) is 34.1 Å². The van der Waals surface area contributed by atoms with Gasteiger partial charge in [-0.25, -0.2) is 9.50 Å². The summed E-state index contributed by atoms with van der Waals surface area (Å²) in [5, 5.41) is 5.21. The van der Waals surface area contributed by atoms with Crippen LogP contribution in [-0.4, -0.2) is 67.0 Å². The third-order valence-electron chi connectivity index (χ3n) is 6.94. The van der Waals surface area contributed by atoms with Crippen molar-refractivity contribution in [2.24, 2.45) is 0 Å². The Hall–Kier alpha value is -3.61. The number of imidazole rings is 1. The third kappa shape index (κ3) is 3.43. The lowest BCUT2D eigenvalue weighted by molar-refractivity contribution is 0.122. The normalized spacial score (nSPS) is 20.1. The number of morpholine rings is 1. The molecular weight excluding hydrogens is 514 g/mol. The molecule has 2 fully saturated rings. The van der Waals surface area contributed by atoms with Gasteiger partial charge in [0.2, 0.25) is 5.95 Å². The van der Waals surface area contributed by atoms with Gasteiger partial charge in [-0.3, -0.25) is 9.36 Å². The highest BCUT2D eigenvalue weighted by Gasteiger charge is 2.49. The highest BCUT2D eigenvalue weighted by Crippen LogP contribution is 2.47. The fourth-order valence-electron chi connectivity index (χ4n) is 4.96. The third-order valence-corrected chi connectivity index (χ3v) is 7.91. The van der Waals surface area contributed by atoms with Crippen LogP contribution >= 0.6 is 24.2 Å². The molecule has 0 saturated carbocycles. The number of nitrogens with zero attached hydrogens (tertiary/aromatic N) is 8. The summed E-state index contributed by atoms with van der Waals surface area (Å²) in [7, 11) is 0. The molecule has 7 rings (SSSR count). The Balaban J connectivity index is 1.42. The maximum atomic E-state index is 13.8. The first kappa shape index (κ1) is 22.6. The Morgan fingerprint density at radius 1 is 1.08 bits per heavy atom. The summed E-state index contributed by atoms with van der Waals surface area (Å²) < 4.78 is 8.62. The van der Waals surface area contributed by atoms with Crippen LogP contribution < -0.4 is 15.4 Å². The molecule has 2 saturated heterocycles. The summed E-state index contributed by atoms with van der Waals surface area (Å²) in [5.74, 6) is 1.71. The van der Waals surface area contributed by atoms with Gasteiger partial charge in [0.15, 0.2) is 17.3 Å². The van der Waals surface area contributed by atoms with Crippen LogP contribution in [0.15, 0.2) is 53.7 Å². The molecule has 37 heavy (non-hydrogen) atoms. The molecule has 5 aromatic rings. The van der Waals surface area contributed by atoms with E-state index in [1.165, 1.54) is 4.52 Å². The molecule has 0 radical (unpaired) electrons. The lowest BCUT2D eigenvalue weighted by Gasteiger charge is -2.50. The maximum absolute atomic E-state index is 13.8. The summed E-state index contributed by atoms with van der Waals surface area (Å²) in [6.45, 7) is 3.28. The van der Waals surface area contributed by atoms with Crippen LogP contribution in [0.25, 0.3) is 22.4 Å². The monoisotopic (exact) mass is 535 g/mol. The van der Waals surface area contributed by atoms with Gasteiger partial charge in [0.25, 0.3) is 5.56 Å². The van der Waals surface area contributed by atoms with Crippen LogP contribution in [0, 0.1) is 0 Å². The Bertz CT molecular complexity index is 1700. The summed E-state index contributed by atoms with van der Waals surface area (Å²) in [5.41, 5.74) is 1.99. The van der Waals surface area contributed by atoms with Gasteiger partial charge in [-0.05, 0) is 18.2 Å². The zero-order valence-electron chi connectivity index (χ0n) is 19.6. The Labute approximate surface area is 221 Å². The zero-order chi connectivity index (χ0) is 25.1. The number of H-pyrrole nitrogens is 1. The predicted octanol–water partition coefficient (Wildman–Crippen LogP) is 2.63. The fraction of sp³-hybridized carbons (Fsp3) is 0.292. The van der Waals surface area contributed by atoms with E-state index in [0.29, 0.717) is 84.3 Å². The van der Waals surface area contributed by atoms with Gasteiger partial charge in [-0.15, -0.1) is 12.6 Å². The molecule has 4 aromatic heterocycles. The molecule has 0 amide bonds. The van der Waals surface area contributed by atoms with Crippen molar-refractivity contribution in [1.29, 1.82) is 0 Å². The van der Waals surface area contributed by atoms with E-state index in [4.69, 9.17) is 39.0 Å². The number of thiol groups is 1. The van der Waals surface area contributed by atoms with E-state index >= 15 is 0 Å². The average Bonchev–Trinajstić information content (AvgIpc) is 3.55. The van der Waals surface area contributed by atoms with Gasteiger partial charge in [0, 0.05) is 32.3 Å². The average molecular weight is 536 g/mol. The van der Waals surface area contributed by atoms with E-state index in [2.05, 4.69) is 19.9 Å². The van der Waals surface area contributed by atoms with E-state index in [-0.39, 0.29) is 5.56 Å². The molecule has 1 atom stereocenters. The van der Waals surface area contributed by atoms with Gasteiger partial charge >= 0.3 is 0 Å².